The van der Waals surface area contributed by atoms with E-state index in [1.54, 1.807) is 7.05 Å². The van der Waals surface area contributed by atoms with Crippen LogP contribution in [0.1, 0.15) is 30.6 Å². The Morgan fingerprint density at radius 2 is 1.96 bits per heavy atom. The quantitative estimate of drug-likeness (QED) is 0.796. The molecule has 1 rings (SSSR count). The zero-order chi connectivity index (χ0) is 17.6. The Labute approximate surface area is 135 Å². The van der Waals surface area contributed by atoms with E-state index in [0.717, 1.165) is 0 Å². The van der Waals surface area contributed by atoms with Crippen molar-refractivity contribution in [2.45, 2.75) is 32.9 Å². The van der Waals surface area contributed by atoms with E-state index in [1.807, 2.05) is 13.8 Å². The monoisotopic (exact) mass is 330 g/mol. The number of nitrogens with zero attached hydrogens (tertiary/aromatic N) is 1. The molecule has 0 aliphatic rings. The fourth-order valence-electron chi connectivity index (χ4n) is 2.00. The first kappa shape index (κ1) is 19.2. The summed E-state index contributed by atoms with van der Waals surface area (Å²) in [6, 6.07) is 4.20. The van der Waals surface area contributed by atoms with Crippen LogP contribution in [0.4, 0.5) is 8.78 Å². The fourth-order valence-corrected chi connectivity index (χ4v) is 2.00. The van der Waals surface area contributed by atoms with Crippen molar-refractivity contribution in [3.05, 3.63) is 23.8 Å². The van der Waals surface area contributed by atoms with Gasteiger partial charge in [-0.3, -0.25) is 4.79 Å². The average Bonchev–Trinajstić information content (AvgIpc) is 2.50. The number of methoxy groups -OCH3 is 1. The van der Waals surface area contributed by atoms with E-state index in [2.05, 4.69) is 4.74 Å². The predicted octanol–water partition coefficient (Wildman–Crippen LogP) is 2.74. The van der Waals surface area contributed by atoms with E-state index < -0.39 is 6.61 Å². The van der Waals surface area contributed by atoms with Crippen molar-refractivity contribution in [2.75, 3.05) is 20.7 Å². The number of nitrogens with two attached hydrogens (primary N) is 1. The molecule has 23 heavy (non-hydrogen) atoms. The van der Waals surface area contributed by atoms with Gasteiger partial charge in [-0.15, -0.1) is 0 Å². The minimum Gasteiger partial charge on any atom is -0.493 e. The highest BCUT2D eigenvalue weighted by Crippen LogP contribution is 2.29. The van der Waals surface area contributed by atoms with Gasteiger partial charge in [-0.05, 0) is 30.5 Å². The first-order valence-electron chi connectivity index (χ1n) is 7.40. The Balaban J connectivity index is 2.82. The lowest BCUT2D eigenvalue weighted by atomic mass is 10.0. The number of carbonyl (C=O) groups excluding carboxylic acids is 1. The Morgan fingerprint density at radius 1 is 1.30 bits per heavy atom. The van der Waals surface area contributed by atoms with Gasteiger partial charge in [-0.25, -0.2) is 0 Å². The van der Waals surface area contributed by atoms with Crippen molar-refractivity contribution in [2.24, 2.45) is 11.7 Å². The topological polar surface area (TPSA) is 64.8 Å². The van der Waals surface area contributed by atoms with Gasteiger partial charge in [0.1, 0.15) is 0 Å². The van der Waals surface area contributed by atoms with Crippen molar-refractivity contribution in [1.82, 2.24) is 4.90 Å². The zero-order valence-corrected chi connectivity index (χ0v) is 13.9. The van der Waals surface area contributed by atoms with Gasteiger partial charge in [0.2, 0.25) is 0 Å². The number of benzene rings is 1. The summed E-state index contributed by atoms with van der Waals surface area (Å²) in [5, 5.41) is 0. The van der Waals surface area contributed by atoms with Crippen LogP contribution in [0.5, 0.6) is 11.5 Å². The van der Waals surface area contributed by atoms with Crippen molar-refractivity contribution in [1.29, 1.82) is 0 Å². The van der Waals surface area contributed by atoms with Crippen LogP contribution in [0.25, 0.3) is 0 Å². The average molecular weight is 330 g/mol. The number of ether oxygens (including phenoxy) is 2. The third-order valence-electron chi connectivity index (χ3n) is 3.63. The molecule has 0 radical (unpaired) electrons. The number of hydrogen-bond acceptors (Lipinski definition) is 4. The molecule has 0 spiro atoms. The van der Waals surface area contributed by atoms with Crippen LogP contribution in [0.3, 0.4) is 0 Å². The van der Waals surface area contributed by atoms with Gasteiger partial charge in [0.05, 0.1) is 7.11 Å². The van der Waals surface area contributed by atoms with Gasteiger partial charge >= 0.3 is 6.61 Å². The molecule has 2 N–H and O–H groups in total. The summed E-state index contributed by atoms with van der Waals surface area (Å²) in [6.45, 7) is 1.53. The van der Waals surface area contributed by atoms with Crippen LogP contribution in [0.15, 0.2) is 18.2 Å². The summed E-state index contributed by atoms with van der Waals surface area (Å²) in [7, 11) is 2.99. The minimum atomic E-state index is -2.99. The largest absolute Gasteiger partial charge is 0.493 e. The second-order valence-corrected chi connectivity index (χ2v) is 5.67. The smallest absolute Gasteiger partial charge is 0.387 e. The SMILES string of the molecule is COc1ccc(C(=O)N(C)CCC(N)C(C)C)cc1OC(F)F. The molecule has 130 valence electrons. The van der Waals surface area contributed by atoms with E-state index in [4.69, 9.17) is 10.5 Å². The first-order chi connectivity index (χ1) is 10.8. The number of halogens is 2. The molecule has 5 nitrogen and oxygen atoms in total. The Bertz CT molecular complexity index is 524. The third kappa shape index (κ3) is 5.67. The molecule has 1 aromatic rings. The van der Waals surface area contributed by atoms with Crippen molar-refractivity contribution < 1.29 is 23.0 Å². The van der Waals surface area contributed by atoms with Crippen LogP contribution in [0.2, 0.25) is 0 Å². The number of amides is 1. The highest BCUT2D eigenvalue weighted by atomic mass is 19.3. The van der Waals surface area contributed by atoms with E-state index in [-0.39, 0.29) is 29.0 Å². The third-order valence-corrected chi connectivity index (χ3v) is 3.63. The summed E-state index contributed by atoms with van der Waals surface area (Å²) >= 11 is 0. The number of hydrogen-bond donors (Lipinski definition) is 1. The lowest BCUT2D eigenvalue weighted by Crippen LogP contribution is -2.34. The molecule has 1 aromatic carbocycles. The standard InChI is InChI=1S/C16H24F2N2O3/c1-10(2)12(19)7-8-20(3)15(21)11-5-6-13(22-4)14(9-11)23-16(17)18/h5-6,9-10,12,16H,7-8,19H2,1-4H3. The summed E-state index contributed by atoms with van der Waals surface area (Å²) in [4.78, 5) is 13.9. The van der Waals surface area contributed by atoms with E-state index in [9.17, 15) is 13.6 Å². The maximum atomic E-state index is 12.4. The number of rotatable bonds is 8. The number of alkyl halides is 2. The van der Waals surface area contributed by atoms with Gasteiger partial charge in [-0.2, -0.15) is 8.78 Å². The molecule has 0 saturated carbocycles. The molecule has 1 unspecified atom stereocenters. The molecule has 1 atom stereocenters. The lowest BCUT2D eigenvalue weighted by molar-refractivity contribution is -0.0512. The molecular weight excluding hydrogens is 306 g/mol. The molecule has 0 aliphatic carbocycles. The van der Waals surface area contributed by atoms with Crippen LogP contribution in [-0.2, 0) is 0 Å². The van der Waals surface area contributed by atoms with E-state index in [0.29, 0.717) is 18.9 Å². The maximum absolute atomic E-state index is 12.4. The molecule has 0 fully saturated rings. The van der Waals surface area contributed by atoms with Crippen LogP contribution >= 0.6 is 0 Å². The molecule has 0 heterocycles. The molecule has 0 aromatic heterocycles. The predicted molar refractivity (Wildman–Crippen MR) is 84.0 cm³/mol. The fraction of sp³-hybridized carbons (Fsp3) is 0.562. The van der Waals surface area contributed by atoms with Crippen LogP contribution < -0.4 is 15.2 Å². The second kappa shape index (κ2) is 8.67. The number of carbonyl (C=O) groups is 1. The Kier molecular flexibility index (Phi) is 7.22. The van der Waals surface area contributed by atoms with Crippen molar-refractivity contribution in [3.8, 4) is 11.5 Å². The highest BCUT2D eigenvalue weighted by Gasteiger charge is 2.18. The molecule has 0 saturated heterocycles. The molecule has 7 heteroatoms. The minimum absolute atomic E-state index is 0.00107. The molecular formula is C16H24F2N2O3. The highest BCUT2D eigenvalue weighted by molar-refractivity contribution is 5.94. The van der Waals surface area contributed by atoms with Crippen LogP contribution in [-0.4, -0.2) is 44.2 Å². The normalized spacial score (nSPS) is 12.4. The molecule has 0 bridgehead atoms. The van der Waals surface area contributed by atoms with Gasteiger partial charge in [0.15, 0.2) is 11.5 Å². The molecule has 1 amide bonds. The van der Waals surface area contributed by atoms with Gasteiger partial charge in [0, 0.05) is 25.2 Å². The Hall–Kier alpha value is -1.89. The van der Waals surface area contributed by atoms with Gasteiger partial charge < -0.3 is 20.1 Å². The Morgan fingerprint density at radius 3 is 2.48 bits per heavy atom. The van der Waals surface area contributed by atoms with Crippen molar-refractivity contribution in [3.63, 3.8) is 0 Å². The van der Waals surface area contributed by atoms with Gasteiger partial charge in [0.25, 0.3) is 5.91 Å². The zero-order valence-electron chi connectivity index (χ0n) is 13.9. The first-order valence-corrected chi connectivity index (χ1v) is 7.40. The van der Waals surface area contributed by atoms with Gasteiger partial charge in [-0.1, -0.05) is 13.8 Å². The summed E-state index contributed by atoms with van der Waals surface area (Å²) in [5.41, 5.74) is 6.21. The molecule has 0 aliphatic heterocycles. The summed E-state index contributed by atoms with van der Waals surface area (Å²) < 4.78 is 34.2. The maximum Gasteiger partial charge on any atom is 0.387 e. The van der Waals surface area contributed by atoms with E-state index >= 15 is 0 Å². The lowest BCUT2D eigenvalue weighted by Gasteiger charge is -2.22. The van der Waals surface area contributed by atoms with E-state index in [1.165, 1.54) is 30.2 Å². The summed E-state index contributed by atoms with van der Waals surface area (Å²) in [5.74, 6) is 0.0141. The summed E-state index contributed by atoms with van der Waals surface area (Å²) in [6.07, 6.45) is 0.663. The van der Waals surface area contributed by atoms with Crippen LogP contribution in [0, 0.1) is 5.92 Å². The second-order valence-electron chi connectivity index (χ2n) is 5.67. The van der Waals surface area contributed by atoms with Crippen molar-refractivity contribution >= 4 is 5.91 Å².